The van der Waals surface area contributed by atoms with Crippen LogP contribution in [0.5, 0.6) is 0 Å². The quantitative estimate of drug-likeness (QED) is 0.645. The zero-order chi connectivity index (χ0) is 10.3. The average molecular weight is 193 g/mol. The SMILES string of the molecule is Cc1oc2c(F)cc(F)cc2c1C#N. The molecule has 2 aromatic rings. The Morgan fingerprint density at radius 2 is 2.07 bits per heavy atom. The van der Waals surface area contributed by atoms with Crippen LogP contribution in [-0.4, -0.2) is 0 Å². The van der Waals surface area contributed by atoms with Gasteiger partial charge in [-0.25, -0.2) is 8.78 Å². The van der Waals surface area contributed by atoms with Crippen LogP contribution in [0.4, 0.5) is 8.78 Å². The number of fused-ring (bicyclic) bond motifs is 1. The lowest BCUT2D eigenvalue weighted by Gasteiger charge is -1.91. The van der Waals surface area contributed by atoms with Gasteiger partial charge in [-0.3, -0.25) is 0 Å². The molecule has 0 saturated heterocycles. The summed E-state index contributed by atoms with van der Waals surface area (Å²) in [5.74, 6) is -1.20. The molecule has 1 heterocycles. The van der Waals surface area contributed by atoms with Crippen molar-refractivity contribution in [2.24, 2.45) is 0 Å². The lowest BCUT2D eigenvalue weighted by molar-refractivity contribution is 0.529. The lowest BCUT2D eigenvalue weighted by atomic mass is 10.1. The van der Waals surface area contributed by atoms with Gasteiger partial charge in [-0.1, -0.05) is 0 Å². The van der Waals surface area contributed by atoms with Gasteiger partial charge < -0.3 is 4.42 Å². The molecule has 0 aliphatic rings. The topological polar surface area (TPSA) is 36.9 Å². The third kappa shape index (κ3) is 1.06. The van der Waals surface area contributed by atoms with Crippen LogP contribution in [-0.2, 0) is 0 Å². The van der Waals surface area contributed by atoms with E-state index in [1.807, 2.05) is 6.07 Å². The second-order valence-electron chi connectivity index (χ2n) is 2.91. The molecule has 0 N–H and O–H groups in total. The van der Waals surface area contributed by atoms with Gasteiger partial charge in [0.15, 0.2) is 11.4 Å². The van der Waals surface area contributed by atoms with Crippen LogP contribution in [0.25, 0.3) is 11.0 Å². The van der Waals surface area contributed by atoms with Gasteiger partial charge >= 0.3 is 0 Å². The molecule has 0 saturated carbocycles. The predicted octanol–water partition coefficient (Wildman–Crippen LogP) is 2.89. The van der Waals surface area contributed by atoms with Gasteiger partial charge in [-0.15, -0.1) is 0 Å². The lowest BCUT2D eigenvalue weighted by Crippen LogP contribution is -1.80. The summed E-state index contributed by atoms with van der Waals surface area (Å²) in [6.45, 7) is 1.54. The summed E-state index contributed by atoms with van der Waals surface area (Å²) in [5.41, 5.74) is 0.110. The maximum atomic E-state index is 13.1. The zero-order valence-corrected chi connectivity index (χ0v) is 7.27. The van der Waals surface area contributed by atoms with E-state index in [-0.39, 0.29) is 16.5 Å². The van der Waals surface area contributed by atoms with E-state index in [0.717, 1.165) is 12.1 Å². The molecular weight excluding hydrogens is 188 g/mol. The van der Waals surface area contributed by atoms with E-state index >= 15 is 0 Å². The van der Waals surface area contributed by atoms with Gasteiger partial charge in [0.1, 0.15) is 23.2 Å². The zero-order valence-electron chi connectivity index (χ0n) is 7.27. The van der Waals surface area contributed by atoms with Gasteiger partial charge in [0.2, 0.25) is 0 Å². The van der Waals surface area contributed by atoms with Crippen LogP contribution < -0.4 is 0 Å². The highest BCUT2D eigenvalue weighted by Gasteiger charge is 2.15. The Kier molecular flexibility index (Phi) is 1.74. The number of hydrogen-bond donors (Lipinski definition) is 0. The highest BCUT2D eigenvalue weighted by molar-refractivity contribution is 5.85. The molecule has 0 unspecified atom stereocenters. The molecule has 0 spiro atoms. The fraction of sp³-hybridized carbons (Fsp3) is 0.100. The second kappa shape index (κ2) is 2.81. The van der Waals surface area contributed by atoms with E-state index in [1.165, 1.54) is 6.92 Å². The second-order valence-corrected chi connectivity index (χ2v) is 2.91. The molecule has 0 fully saturated rings. The molecule has 70 valence electrons. The highest BCUT2D eigenvalue weighted by Crippen LogP contribution is 2.27. The molecule has 2 rings (SSSR count). The van der Waals surface area contributed by atoms with Crippen molar-refractivity contribution >= 4 is 11.0 Å². The Labute approximate surface area is 78.4 Å². The number of aryl methyl sites for hydroxylation is 1. The Balaban J connectivity index is 2.97. The molecule has 0 amide bonds. The van der Waals surface area contributed by atoms with Crippen molar-refractivity contribution in [1.82, 2.24) is 0 Å². The standard InChI is InChI=1S/C10H5F2NO/c1-5-8(4-13)7-2-6(11)3-9(12)10(7)14-5/h2-3H,1H3. The van der Waals surface area contributed by atoms with Crippen LogP contribution in [0.3, 0.4) is 0 Å². The minimum absolute atomic E-state index is 0.0690. The molecule has 0 atom stereocenters. The molecule has 4 heteroatoms. The van der Waals surface area contributed by atoms with Crippen LogP contribution in [0.15, 0.2) is 16.5 Å². The van der Waals surface area contributed by atoms with E-state index < -0.39 is 11.6 Å². The summed E-state index contributed by atoms with van der Waals surface area (Å²) < 4.78 is 31.0. The minimum Gasteiger partial charge on any atom is -0.457 e. The monoisotopic (exact) mass is 193 g/mol. The molecule has 0 radical (unpaired) electrons. The Morgan fingerprint density at radius 3 is 2.71 bits per heavy atom. The molecule has 1 aromatic carbocycles. The molecule has 0 aliphatic carbocycles. The number of benzene rings is 1. The van der Waals surface area contributed by atoms with Crippen molar-refractivity contribution in [3.8, 4) is 6.07 Å². The molecule has 14 heavy (non-hydrogen) atoms. The first-order valence-electron chi connectivity index (χ1n) is 3.91. The third-order valence-corrected chi connectivity index (χ3v) is 2.00. The first-order chi connectivity index (χ1) is 6.63. The van der Waals surface area contributed by atoms with E-state index in [9.17, 15) is 8.78 Å². The van der Waals surface area contributed by atoms with Gasteiger partial charge in [-0.05, 0) is 13.0 Å². The van der Waals surface area contributed by atoms with Gasteiger partial charge in [0.25, 0.3) is 0 Å². The van der Waals surface area contributed by atoms with E-state index in [1.54, 1.807) is 0 Å². The number of nitrogens with zero attached hydrogens (tertiary/aromatic N) is 1. The largest absolute Gasteiger partial charge is 0.457 e. The number of rotatable bonds is 0. The van der Waals surface area contributed by atoms with Gasteiger partial charge in [0.05, 0.1) is 0 Å². The van der Waals surface area contributed by atoms with Crippen LogP contribution in [0, 0.1) is 29.9 Å². The Bertz CT molecular complexity index is 551. The normalized spacial score (nSPS) is 10.4. The molecule has 0 aliphatic heterocycles. The van der Waals surface area contributed by atoms with E-state index in [2.05, 4.69) is 0 Å². The van der Waals surface area contributed by atoms with E-state index in [4.69, 9.17) is 9.68 Å². The van der Waals surface area contributed by atoms with Gasteiger partial charge in [-0.2, -0.15) is 5.26 Å². The smallest absolute Gasteiger partial charge is 0.171 e. The Morgan fingerprint density at radius 1 is 1.36 bits per heavy atom. The van der Waals surface area contributed by atoms with Crippen molar-refractivity contribution in [2.75, 3.05) is 0 Å². The van der Waals surface area contributed by atoms with Crippen molar-refractivity contribution in [3.05, 3.63) is 35.1 Å². The van der Waals surface area contributed by atoms with Crippen LogP contribution in [0.1, 0.15) is 11.3 Å². The molecule has 1 aromatic heterocycles. The van der Waals surface area contributed by atoms with Crippen molar-refractivity contribution in [1.29, 1.82) is 5.26 Å². The summed E-state index contributed by atoms with van der Waals surface area (Å²) in [6, 6.07) is 3.66. The Hall–Kier alpha value is -1.89. The summed E-state index contributed by atoms with van der Waals surface area (Å²) in [5, 5.41) is 8.92. The van der Waals surface area contributed by atoms with Crippen molar-refractivity contribution in [2.45, 2.75) is 6.92 Å². The summed E-state index contributed by atoms with van der Waals surface area (Å²) in [4.78, 5) is 0. The molecular formula is C10H5F2NO. The van der Waals surface area contributed by atoms with Crippen molar-refractivity contribution in [3.63, 3.8) is 0 Å². The van der Waals surface area contributed by atoms with Crippen molar-refractivity contribution < 1.29 is 13.2 Å². The maximum absolute atomic E-state index is 13.1. The summed E-state index contributed by atoms with van der Waals surface area (Å²) >= 11 is 0. The number of hydrogen-bond acceptors (Lipinski definition) is 2. The molecule has 2 nitrogen and oxygen atoms in total. The number of halogens is 2. The van der Waals surface area contributed by atoms with Crippen LogP contribution in [0.2, 0.25) is 0 Å². The average Bonchev–Trinajstić information content (AvgIpc) is 2.41. The highest BCUT2D eigenvalue weighted by atomic mass is 19.1. The van der Waals surface area contributed by atoms with Gasteiger partial charge in [0, 0.05) is 11.5 Å². The first kappa shape index (κ1) is 8.70. The third-order valence-electron chi connectivity index (χ3n) is 2.00. The number of furan rings is 1. The van der Waals surface area contributed by atoms with E-state index in [0.29, 0.717) is 5.76 Å². The van der Waals surface area contributed by atoms with Crippen LogP contribution >= 0.6 is 0 Å². The molecule has 0 bridgehead atoms. The first-order valence-corrected chi connectivity index (χ1v) is 3.91. The fourth-order valence-corrected chi connectivity index (χ4v) is 1.38. The number of nitriles is 1. The predicted molar refractivity (Wildman–Crippen MR) is 45.6 cm³/mol. The summed E-state index contributed by atoms with van der Waals surface area (Å²) in [6.07, 6.45) is 0. The maximum Gasteiger partial charge on any atom is 0.171 e. The minimum atomic E-state index is -0.787. The fourth-order valence-electron chi connectivity index (χ4n) is 1.38. The summed E-state index contributed by atoms with van der Waals surface area (Å²) in [7, 11) is 0.